The number of carbonyl (C=O) groups excluding carboxylic acids is 1. The van der Waals surface area contributed by atoms with E-state index in [1.54, 1.807) is 0 Å². The number of likely N-dealkylation sites (tertiary alicyclic amines) is 1. The average molecular weight is 376 g/mol. The van der Waals surface area contributed by atoms with Crippen LogP contribution in [0.15, 0.2) is 30.5 Å². The monoisotopic (exact) mass is 376 g/mol. The molecule has 2 amide bonds. The summed E-state index contributed by atoms with van der Waals surface area (Å²) in [7, 11) is 2.12. The molecule has 144 valence electrons. The van der Waals surface area contributed by atoms with Gasteiger partial charge in [0, 0.05) is 48.2 Å². The minimum atomic E-state index is -0.0107. The molecule has 1 saturated heterocycles. The van der Waals surface area contributed by atoms with E-state index in [-0.39, 0.29) is 12.1 Å². The number of anilines is 1. The van der Waals surface area contributed by atoms with Gasteiger partial charge in [0.2, 0.25) is 0 Å². The summed E-state index contributed by atoms with van der Waals surface area (Å²) in [5.41, 5.74) is 5.84. The first-order valence-corrected chi connectivity index (χ1v) is 9.70. The van der Waals surface area contributed by atoms with Gasteiger partial charge < -0.3 is 15.1 Å². The molecule has 28 heavy (non-hydrogen) atoms. The molecule has 5 rings (SSSR count). The van der Waals surface area contributed by atoms with Crippen molar-refractivity contribution in [2.45, 2.75) is 26.4 Å². The molecular formula is C21H24N6O. The molecule has 7 nitrogen and oxygen atoms in total. The Balaban J connectivity index is 1.54. The number of hydrogen-bond acceptors (Lipinski definition) is 4. The fourth-order valence-electron chi connectivity index (χ4n) is 4.57. The number of pyridine rings is 1. The maximum Gasteiger partial charge on any atom is 0.322 e. The van der Waals surface area contributed by atoms with E-state index in [1.165, 1.54) is 0 Å². The van der Waals surface area contributed by atoms with Gasteiger partial charge in [0.05, 0.1) is 11.6 Å². The number of carbonyl (C=O) groups is 1. The molecule has 0 aliphatic carbocycles. The van der Waals surface area contributed by atoms with E-state index in [1.807, 2.05) is 36.2 Å². The molecule has 7 heteroatoms. The Morgan fingerprint density at radius 2 is 2.07 bits per heavy atom. The van der Waals surface area contributed by atoms with E-state index >= 15 is 0 Å². The lowest BCUT2D eigenvalue weighted by molar-refractivity contribution is 0.170. The lowest BCUT2D eigenvalue weighted by Crippen LogP contribution is -2.48. The molecule has 2 aromatic heterocycles. The molecular weight excluding hydrogens is 352 g/mol. The normalized spacial score (nSPS) is 22.5. The number of aromatic amines is 1. The lowest BCUT2D eigenvalue weighted by Gasteiger charge is -2.35. The summed E-state index contributed by atoms with van der Waals surface area (Å²) in [5, 5.41) is 11.8. The van der Waals surface area contributed by atoms with Crippen LogP contribution in [0.3, 0.4) is 0 Å². The fraction of sp³-hybridized carbons (Fsp3) is 0.381. The van der Waals surface area contributed by atoms with Crippen molar-refractivity contribution in [1.82, 2.24) is 25.0 Å². The topological polar surface area (TPSA) is 77.2 Å². The van der Waals surface area contributed by atoms with Crippen LogP contribution >= 0.6 is 0 Å². The number of fused-ring (bicyclic) bond motifs is 2. The van der Waals surface area contributed by atoms with Crippen LogP contribution in [0.1, 0.15) is 18.2 Å². The fourth-order valence-corrected chi connectivity index (χ4v) is 4.57. The van der Waals surface area contributed by atoms with Gasteiger partial charge in [-0.25, -0.2) is 4.79 Å². The number of rotatable bonds is 2. The number of amides is 2. The summed E-state index contributed by atoms with van der Waals surface area (Å²) in [5.74, 6) is 0.463. The third kappa shape index (κ3) is 2.74. The number of likely N-dealkylation sites (N-methyl/N-ethyl adjacent to an activating group) is 1. The Morgan fingerprint density at radius 1 is 1.21 bits per heavy atom. The summed E-state index contributed by atoms with van der Waals surface area (Å²) in [6, 6.07) is 8.40. The summed E-state index contributed by atoms with van der Waals surface area (Å²) in [6.45, 7) is 6.76. The second-order valence-corrected chi connectivity index (χ2v) is 8.14. The number of aromatic nitrogens is 3. The van der Waals surface area contributed by atoms with Crippen LogP contribution in [0.5, 0.6) is 0 Å². The van der Waals surface area contributed by atoms with Crippen molar-refractivity contribution in [3.05, 3.63) is 41.7 Å². The largest absolute Gasteiger partial charge is 0.322 e. The predicted octanol–water partition coefficient (Wildman–Crippen LogP) is 3.23. The van der Waals surface area contributed by atoms with Crippen molar-refractivity contribution < 1.29 is 4.79 Å². The molecule has 2 N–H and O–H groups in total. The van der Waals surface area contributed by atoms with E-state index in [4.69, 9.17) is 0 Å². The van der Waals surface area contributed by atoms with E-state index < -0.39 is 0 Å². The van der Waals surface area contributed by atoms with Crippen molar-refractivity contribution in [2.75, 3.05) is 25.5 Å². The Morgan fingerprint density at radius 3 is 2.82 bits per heavy atom. The SMILES string of the molecule is Cc1cc(-c2n[nH]c3cc4c(cc23)CN([C@@H]2CN(C)C[C@H]2C)C(=O)N4)ccn1. The van der Waals surface area contributed by atoms with Crippen molar-refractivity contribution in [3.8, 4) is 11.3 Å². The number of H-pyrrole nitrogens is 1. The third-order valence-electron chi connectivity index (χ3n) is 5.96. The zero-order chi connectivity index (χ0) is 19.4. The predicted molar refractivity (Wildman–Crippen MR) is 109 cm³/mol. The van der Waals surface area contributed by atoms with E-state index in [0.717, 1.165) is 52.2 Å². The highest BCUT2D eigenvalue weighted by Gasteiger charge is 2.37. The average Bonchev–Trinajstić information content (AvgIpc) is 3.21. The lowest BCUT2D eigenvalue weighted by atomic mass is 10.00. The molecule has 3 aromatic rings. The number of hydrogen-bond donors (Lipinski definition) is 2. The molecule has 0 saturated carbocycles. The molecule has 0 radical (unpaired) electrons. The maximum absolute atomic E-state index is 12.8. The molecule has 2 atom stereocenters. The Labute approximate surface area is 163 Å². The van der Waals surface area contributed by atoms with Crippen LogP contribution in [0.2, 0.25) is 0 Å². The van der Waals surface area contributed by atoms with Crippen LogP contribution in [0.4, 0.5) is 10.5 Å². The molecule has 0 spiro atoms. The van der Waals surface area contributed by atoms with Crippen LogP contribution in [0, 0.1) is 12.8 Å². The smallest absolute Gasteiger partial charge is 0.316 e. The van der Waals surface area contributed by atoms with Gasteiger partial charge in [-0.3, -0.25) is 10.1 Å². The third-order valence-corrected chi connectivity index (χ3v) is 5.96. The summed E-state index contributed by atoms with van der Waals surface area (Å²) < 4.78 is 0. The molecule has 2 aliphatic rings. The zero-order valence-corrected chi connectivity index (χ0v) is 16.4. The highest BCUT2D eigenvalue weighted by atomic mass is 16.2. The number of nitrogens with one attached hydrogen (secondary N) is 2. The second-order valence-electron chi connectivity index (χ2n) is 8.14. The summed E-state index contributed by atoms with van der Waals surface area (Å²) in [6.07, 6.45) is 1.81. The first kappa shape index (κ1) is 17.2. The van der Waals surface area contributed by atoms with Crippen molar-refractivity contribution in [1.29, 1.82) is 0 Å². The summed E-state index contributed by atoms with van der Waals surface area (Å²) in [4.78, 5) is 21.3. The number of urea groups is 1. The molecule has 0 unspecified atom stereocenters. The molecule has 1 aromatic carbocycles. The number of benzene rings is 1. The van der Waals surface area contributed by atoms with Crippen LogP contribution in [-0.2, 0) is 6.54 Å². The minimum Gasteiger partial charge on any atom is -0.316 e. The van der Waals surface area contributed by atoms with Gasteiger partial charge in [0.1, 0.15) is 5.69 Å². The van der Waals surface area contributed by atoms with E-state index in [2.05, 4.69) is 45.4 Å². The quantitative estimate of drug-likeness (QED) is 0.720. The molecule has 2 aliphatic heterocycles. The van der Waals surface area contributed by atoms with Gasteiger partial charge in [0.25, 0.3) is 0 Å². The Kier molecular flexibility index (Phi) is 3.87. The van der Waals surface area contributed by atoms with Crippen molar-refractivity contribution >= 4 is 22.6 Å². The highest BCUT2D eigenvalue weighted by Crippen LogP contribution is 2.35. The van der Waals surface area contributed by atoms with Crippen LogP contribution in [0.25, 0.3) is 22.2 Å². The van der Waals surface area contributed by atoms with Crippen molar-refractivity contribution in [2.24, 2.45) is 5.92 Å². The first-order valence-electron chi connectivity index (χ1n) is 9.70. The van der Waals surface area contributed by atoms with Crippen molar-refractivity contribution in [3.63, 3.8) is 0 Å². The minimum absolute atomic E-state index is 0.0107. The van der Waals surface area contributed by atoms with Gasteiger partial charge in [-0.05, 0) is 49.7 Å². The number of aryl methyl sites for hydroxylation is 1. The molecule has 1 fully saturated rings. The zero-order valence-electron chi connectivity index (χ0n) is 16.4. The van der Waals surface area contributed by atoms with Crippen LogP contribution in [-0.4, -0.2) is 57.2 Å². The van der Waals surface area contributed by atoms with E-state index in [0.29, 0.717) is 12.5 Å². The maximum atomic E-state index is 12.8. The molecule has 4 heterocycles. The highest BCUT2D eigenvalue weighted by molar-refractivity contribution is 6.00. The molecule has 0 bridgehead atoms. The van der Waals surface area contributed by atoms with Gasteiger partial charge in [-0.15, -0.1) is 0 Å². The summed E-state index contributed by atoms with van der Waals surface area (Å²) >= 11 is 0. The number of nitrogens with zero attached hydrogens (tertiary/aromatic N) is 4. The van der Waals surface area contributed by atoms with Gasteiger partial charge in [0.15, 0.2) is 0 Å². The Bertz CT molecular complexity index is 1070. The first-order chi connectivity index (χ1) is 13.5. The second kappa shape index (κ2) is 6.31. The standard InChI is InChI=1S/C21H24N6O/c1-12-9-26(3)11-19(12)27-10-15-7-16-18(8-17(15)23-21(27)28)24-25-20(16)14-4-5-22-13(2)6-14/h4-8,12,19H,9-11H2,1-3H3,(H,23,28)(H,24,25)/t12-,19-/m1/s1. The van der Waals surface area contributed by atoms with E-state index in [9.17, 15) is 4.79 Å². The van der Waals surface area contributed by atoms with Gasteiger partial charge >= 0.3 is 6.03 Å². The van der Waals surface area contributed by atoms with Gasteiger partial charge in [-0.2, -0.15) is 5.10 Å². The van der Waals surface area contributed by atoms with Gasteiger partial charge in [-0.1, -0.05) is 6.92 Å². The Hall–Kier alpha value is -2.93. The van der Waals surface area contributed by atoms with Crippen LogP contribution < -0.4 is 5.32 Å².